The number of carbonyl (C=O) groups is 2. The lowest BCUT2D eigenvalue weighted by Crippen LogP contribution is -2.55. The van der Waals surface area contributed by atoms with Crippen LogP contribution in [0.1, 0.15) is 72.4 Å². The van der Waals surface area contributed by atoms with E-state index in [4.69, 9.17) is 0 Å². The summed E-state index contributed by atoms with van der Waals surface area (Å²) < 4.78 is 57.0. The number of nitrogens with one attached hydrogen (secondary N) is 3. The van der Waals surface area contributed by atoms with Gasteiger partial charge in [-0.25, -0.2) is 9.37 Å². The predicted molar refractivity (Wildman–Crippen MR) is 161 cm³/mol. The maximum absolute atomic E-state index is 15.8. The van der Waals surface area contributed by atoms with Crippen molar-refractivity contribution in [3.63, 3.8) is 0 Å². The molecule has 1 aliphatic carbocycles. The van der Waals surface area contributed by atoms with E-state index in [1.807, 2.05) is 25.8 Å². The number of likely N-dealkylation sites (N-methyl/N-ethyl adjacent to an activating group) is 1. The van der Waals surface area contributed by atoms with Gasteiger partial charge in [-0.1, -0.05) is 19.3 Å². The maximum atomic E-state index is 15.8. The van der Waals surface area contributed by atoms with Crippen molar-refractivity contribution in [2.45, 2.75) is 70.3 Å². The van der Waals surface area contributed by atoms with Crippen LogP contribution in [0.5, 0.6) is 0 Å². The van der Waals surface area contributed by atoms with Crippen LogP contribution in [0.2, 0.25) is 0 Å². The molecule has 1 saturated carbocycles. The number of pyridine rings is 1. The summed E-state index contributed by atoms with van der Waals surface area (Å²) in [7, 11) is 1.97. The Balaban J connectivity index is 1.51. The fourth-order valence-electron chi connectivity index (χ4n) is 5.78. The molecule has 44 heavy (non-hydrogen) atoms. The summed E-state index contributed by atoms with van der Waals surface area (Å²) in [4.78, 5) is 48.3. The van der Waals surface area contributed by atoms with Crippen LogP contribution in [0.25, 0.3) is 10.6 Å². The van der Waals surface area contributed by atoms with Crippen molar-refractivity contribution in [3.8, 4) is 10.6 Å². The number of alkyl halides is 3. The summed E-state index contributed by atoms with van der Waals surface area (Å²) in [5, 5.41) is 7.22. The molecule has 0 unspecified atom stereocenters. The first-order valence-corrected chi connectivity index (χ1v) is 15.4. The van der Waals surface area contributed by atoms with E-state index in [0.29, 0.717) is 25.4 Å². The van der Waals surface area contributed by atoms with Gasteiger partial charge in [0.05, 0.1) is 22.5 Å². The largest absolute Gasteiger partial charge is 0.417 e. The van der Waals surface area contributed by atoms with Crippen molar-refractivity contribution in [2.24, 2.45) is 0 Å². The number of aromatic amines is 1. The fourth-order valence-corrected chi connectivity index (χ4v) is 6.60. The van der Waals surface area contributed by atoms with E-state index in [1.165, 1.54) is 17.5 Å². The second-order valence-electron chi connectivity index (χ2n) is 11.5. The lowest BCUT2D eigenvalue weighted by atomic mass is 9.95. The Kier molecular flexibility index (Phi) is 9.12. The SMILES string of the molecule is C[C@@H]1CN(c2cc(F)c(-c3nc(C(=O)NC4CCCCC4)cs3)cc2NC(=O)c2c[nH]c(=O)cc2C(F)(F)F)C[C@H](C)N1C. The van der Waals surface area contributed by atoms with Gasteiger partial charge in [-0.2, -0.15) is 13.2 Å². The van der Waals surface area contributed by atoms with Gasteiger partial charge >= 0.3 is 6.18 Å². The lowest BCUT2D eigenvalue weighted by Gasteiger charge is -2.44. The first-order valence-electron chi connectivity index (χ1n) is 14.5. The first kappa shape index (κ1) is 31.6. The molecular formula is C30H34F4N6O3S. The number of rotatable bonds is 6. The van der Waals surface area contributed by atoms with E-state index >= 15 is 4.39 Å². The molecule has 0 radical (unpaired) electrons. The van der Waals surface area contributed by atoms with Crippen LogP contribution in [0, 0.1) is 5.82 Å². The smallest absolute Gasteiger partial charge is 0.367 e. The van der Waals surface area contributed by atoms with E-state index in [1.54, 1.807) is 0 Å². The van der Waals surface area contributed by atoms with Gasteiger partial charge in [0, 0.05) is 60.5 Å². The number of benzene rings is 1. The molecule has 1 aromatic carbocycles. The normalized spacial score (nSPS) is 20.0. The molecule has 5 rings (SSSR count). The Morgan fingerprint density at radius 3 is 2.39 bits per heavy atom. The third kappa shape index (κ3) is 6.80. The number of hydrogen-bond donors (Lipinski definition) is 3. The zero-order valence-electron chi connectivity index (χ0n) is 24.6. The molecule has 3 aromatic rings. The topological polar surface area (TPSA) is 110 Å². The van der Waals surface area contributed by atoms with E-state index < -0.39 is 34.6 Å². The Morgan fingerprint density at radius 2 is 1.73 bits per heavy atom. The highest BCUT2D eigenvalue weighted by molar-refractivity contribution is 7.13. The molecule has 9 nitrogen and oxygen atoms in total. The Hall–Kier alpha value is -3.78. The summed E-state index contributed by atoms with van der Waals surface area (Å²) in [6.45, 7) is 4.93. The summed E-state index contributed by atoms with van der Waals surface area (Å²) in [6.07, 6.45) is 0.722. The summed E-state index contributed by atoms with van der Waals surface area (Å²) in [6, 6.07) is 3.07. The van der Waals surface area contributed by atoms with Crippen molar-refractivity contribution in [2.75, 3.05) is 30.4 Å². The molecular weight excluding hydrogens is 600 g/mol. The van der Waals surface area contributed by atoms with Crippen LogP contribution in [0.15, 0.2) is 34.6 Å². The molecule has 2 aromatic heterocycles. The Bertz CT molecular complexity index is 1590. The standard InChI is InChI=1S/C30H34F4N6O3S/c1-16-13-40(14-17(2)39(16)3)25-11-22(31)19(29-38-24(15-44-29)28(43)36-18-7-5-4-6-8-18)9-23(25)37-27(42)20-12-35-26(41)10-21(20)30(32,33)34/h9-12,15-18H,4-8,13-14H2,1-3H3,(H,35,41)(H,36,43)(H,37,42)/t16-,17+. The minimum atomic E-state index is -4.96. The van der Waals surface area contributed by atoms with Gasteiger partial charge in [0.25, 0.3) is 11.8 Å². The number of thiazole rings is 1. The average Bonchev–Trinajstić information content (AvgIpc) is 3.47. The van der Waals surface area contributed by atoms with Crippen molar-refractivity contribution >= 4 is 34.5 Å². The van der Waals surface area contributed by atoms with Crippen LogP contribution in [0.3, 0.4) is 0 Å². The number of carbonyl (C=O) groups excluding carboxylic acids is 2. The third-order valence-corrected chi connectivity index (χ3v) is 9.29. The number of amides is 2. The van der Waals surface area contributed by atoms with Crippen LogP contribution < -0.4 is 21.1 Å². The van der Waals surface area contributed by atoms with E-state index in [9.17, 15) is 27.6 Å². The number of piperazine rings is 1. The maximum Gasteiger partial charge on any atom is 0.417 e. The molecule has 3 N–H and O–H groups in total. The van der Waals surface area contributed by atoms with E-state index in [0.717, 1.165) is 43.4 Å². The lowest BCUT2D eigenvalue weighted by molar-refractivity contribution is -0.138. The molecule has 3 heterocycles. The Morgan fingerprint density at radius 1 is 1.05 bits per heavy atom. The first-order chi connectivity index (χ1) is 20.8. The van der Waals surface area contributed by atoms with Gasteiger partial charge in [-0.3, -0.25) is 19.3 Å². The number of aromatic nitrogens is 2. The third-order valence-electron chi connectivity index (χ3n) is 8.42. The average molecular weight is 635 g/mol. The predicted octanol–water partition coefficient (Wildman–Crippen LogP) is 5.50. The van der Waals surface area contributed by atoms with Crippen molar-refractivity contribution in [3.05, 3.63) is 62.8 Å². The summed E-state index contributed by atoms with van der Waals surface area (Å²) in [5.74, 6) is -2.15. The molecule has 2 atom stereocenters. The molecule has 0 spiro atoms. The van der Waals surface area contributed by atoms with Crippen molar-refractivity contribution in [1.82, 2.24) is 20.2 Å². The van der Waals surface area contributed by atoms with Crippen LogP contribution in [-0.2, 0) is 6.18 Å². The van der Waals surface area contributed by atoms with Gasteiger partial charge in [0.2, 0.25) is 5.56 Å². The highest BCUT2D eigenvalue weighted by Gasteiger charge is 2.36. The van der Waals surface area contributed by atoms with E-state index in [2.05, 4.69) is 25.5 Å². The van der Waals surface area contributed by atoms with Crippen LogP contribution >= 0.6 is 11.3 Å². The van der Waals surface area contributed by atoms with Crippen LogP contribution in [0.4, 0.5) is 28.9 Å². The zero-order chi connectivity index (χ0) is 31.8. The summed E-state index contributed by atoms with van der Waals surface area (Å²) >= 11 is 1.05. The fraction of sp³-hybridized carbons (Fsp3) is 0.467. The molecule has 2 fully saturated rings. The van der Waals surface area contributed by atoms with Gasteiger partial charge < -0.3 is 20.5 Å². The van der Waals surface area contributed by atoms with Crippen molar-refractivity contribution < 1.29 is 27.2 Å². The number of nitrogens with zero attached hydrogens (tertiary/aromatic N) is 3. The number of H-pyrrole nitrogens is 1. The molecule has 1 aliphatic heterocycles. The minimum Gasteiger partial charge on any atom is -0.367 e. The number of hydrogen-bond acceptors (Lipinski definition) is 7. The Labute approximate surface area is 255 Å². The van der Waals surface area contributed by atoms with Crippen molar-refractivity contribution in [1.29, 1.82) is 0 Å². The number of anilines is 2. The second-order valence-corrected chi connectivity index (χ2v) is 12.4. The second kappa shape index (κ2) is 12.7. The molecule has 2 aliphatic rings. The molecule has 2 amide bonds. The number of halogens is 4. The van der Waals surface area contributed by atoms with E-state index in [-0.39, 0.29) is 51.7 Å². The molecule has 1 saturated heterocycles. The zero-order valence-corrected chi connectivity index (χ0v) is 25.4. The van der Waals surface area contributed by atoms with Gasteiger partial charge in [0.1, 0.15) is 16.5 Å². The van der Waals surface area contributed by atoms with Crippen LogP contribution in [-0.4, -0.2) is 64.9 Å². The molecule has 14 heteroatoms. The van der Waals surface area contributed by atoms with Gasteiger partial charge in [0.15, 0.2) is 0 Å². The quantitative estimate of drug-likeness (QED) is 0.309. The monoisotopic (exact) mass is 634 g/mol. The van der Waals surface area contributed by atoms with Gasteiger partial charge in [-0.15, -0.1) is 11.3 Å². The molecule has 0 bridgehead atoms. The highest BCUT2D eigenvalue weighted by Crippen LogP contribution is 2.38. The minimum absolute atomic E-state index is 0.0153. The molecule has 236 valence electrons. The van der Waals surface area contributed by atoms with Gasteiger partial charge in [-0.05, 0) is 39.8 Å². The summed E-state index contributed by atoms with van der Waals surface area (Å²) in [5.41, 5.74) is -2.71. The highest BCUT2D eigenvalue weighted by atomic mass is 32.1.